The molecule has 0 fully saturated rings. The average Bonchev–Trinajstić information content (AvgIpc) is 2.78. The monoisotopic (exact) mass is 443 g/mol. The highest BCUT2D eigenvalue weighted by Crippen LogP contribution is 2.25. The summed E-state index contributed by atoms with van der Waals surface area (Å²) in [6.07, 6.45) is 2.31. The fourth-order valence-corrected chi connectivity index (χ4v) is 2.72. The highest BCUT2D eigenvalue weighted by molar-refractivity contribution is 6.04. The minimum atomic E-state index is -2.89. The summed E-state index contributed by atoms with van der Waals surface area (Å²) in [5, 5.41) is 2.66. The molecule has 3 rings (SSSR count). The van der Waals surface area contributed by atoms with Crippen molar-refractivity contribution in [3.8, 4) is 11.5 Å². The Hall–Kier alpha value is -3.59. The molecule has 3 aromatic rings. The Labute approximate surface area is 184 Å². The van der Waals surface area contributed by atoms with Crippen molar-refractivity contribution >= 4 is 11.7 Å². The van der Waals surface area contributed by atoms with E-state index in [1.54, 1.807) is 26.0 Å². The first-order valence-corrected chi connectivity index (χ1v) is 9.87. The van der Waals surface area contributed by atoms with Crippen molar-refractivity contribution in [1.29, 1.82) is 0 Å². The van der Waals surface area contributed by atoms with Gasteiger partial charge in [0.1, 0.15) is 24.2 Å². The molecule has 0 saturated carbocycles. The van der Waals surface area contributed by atoms with Gasteiger partial charge in [-0.15, -0.1) is 0 Å². The van der Waals surface area contributed by atoms with Gasteiger partial charge in [-0.2, -0.15) is 8.78 Å². The number of alkyl halides is 2. The fourth-order valence-electron chi connectivity index (χ4n) is 2.72. The maximum absolute atomic E-state index is 12.8. The van der Waals surface area contributed by atoms with Gasteiger partial charge in [0.05, 0.1) is 24.7 Å². The molecule has 168 valence electrons. The van der Waals surface area contributed by atoms with Crippen molar-refractivity contribution in [2.45, 2.75) is 33.2 Å². The second-order valence-electron chi connectivity index (χ2n) is 6.99. The van der Waals surface area contributed by atoms with Crippen LogP contribution in [0.1, 0.15) is 28.5 Å². The third-order valence-electron chi connectivity index (χ3n) is 4.21. The Kier molecular flexibility index (Phi) is 8.04. The van der Waals surface area contributed by atoms with E-state index in [2.05, 4.69) is 20.0 Å². The highest BCUT2D eigenvalue weighted by atomic mass is 19.3. The van der Waals surface area contributed by atoms with Gasteiger partial charge < -0.3 is 19.5 Å². The van der Waals surface area contributed by atoms with Gasteiger partial charge in [0, 0.05) is 11.6 Å². The molecular formula is C23H23F2N3O4. The number of carbonyl (C=O) groups excluding carboxylic acids is 1. The molecular weight excluding hydrogens is 420 g/mol. The lowest BCUT2D eigenvalue weighted by molar-refractivity contribution is -0.142. The summed E-state index contributed by atoms with van der Waals surface area (Å²) in [4.78, 5) is 21.0. The number of ether oxygens (including phenoxy) is 3. The Morgan fingerprint density at radius 2 is 1.81 bits per heavy atom. The zero-order valence-corrected chi connectivity index (χ0v) is 17.6. The minimum Gasteiger partial charge on any atom is -0.489 e. The summed E-state index contributed by atoms with van der Waals surface area (Å²) >= 11 is 0. The van der Waals surface area contributed by atoms with Gasteiger partial charge in [0.15, 0.2) is 5.82 Å². The van der Waals surface area contributed by atoms with Gasteiger partial charge in [-0.25, -0.2) is 4.98 Å². The van der Waals surface area contributed by atoms with Crippen LogP contribution in [0, 0.1) is 6.92 Å². The summed E-state index contributed by atoms with van der Waals surface area (Å²) in [7, 11) is 0. The van der Waals surface area contributed by atoms with Crippen LogP contribution in [0.5, 0.6) is 11.5 Å². The summed E-state index contributed by atoms with van der Waals surface area (Å²) in [5.74, 6) is 0.501. The molecule has 1 unspecified atom stereocenters. The van der Waals surface area contributed by atoms with Gasteiger partial charge in [0.2, 0.25) is 0 Å². The lowest BCUT2D eigenvalue weighted by Crippen LogP contribution is -2.21. The molecule has 0 aliphatic carbocycles. The molecule has 32 heavy (non-hydrogen) atoms. The maximum atomic E-state index is 12.8. The van der Waals surface area contributed by atoms with Crippen molar-refractivity contribution in [2.75, 3.05) is 11.9 Å². The van der Waals surface area contributed by atoms with E-state index >= 15 is 0 Å². The average molecular weight is 443 g/mol. The first-order chi connectivity index (χ1) is 15.4. The van der Waals surface area contributed by atoms with Crippen molar-refractivity contribution < 1.29 is 27.8 Å². The third kappa shape index (κ3) is 7.28. The standard InChI is InChI=1S/C23H23F2N3O4/c1-15-11-27-21(12-26-15)28-22(29)18-8-19(30-14-17-6-4-3-5-7-17)10-20(9-18)32-16(2)13-31-23(24)25/h3-12,16,23H,13-14H2,1-2H3,(H,27,28,29). The van der Waals surface area contributed by atoms with Crippen LogP contribution >= 0.6 is 0 Å². The van der Waals surface area contributed by atoms with E-state index in [-0.39, 0.29) is 30.3 Å². The molecule has 7 nitrogen and oxygen atoms in total. The van der Waals surface area contributed by atoms with Crippen LogP contribution in [0.3, 0.4) is 0 Å². The molecule has 0 bridgehead atoms. The van der Waals surface area contributed by atoms with Crippen molar-refractivity contribution in [2.24, 2.45) is 0 Å². The molecule has 1 N–H and O–H groups in total. The number of aryl methyl sites for hydroxylation is 1. The van der Waals surface area contributed by atoms with E-state index in [4.69, 9.17) is 9.47 Å². The summed E-state index contributed by atoms with van der Waals surface area (Å²) < 4.78 is 40.4. The normalized spacial score (nSPS) is 11.8. The van der Waals surface area contributed by atoms with Crippen molar-refractivity contribution in [1.82, 2.24) is 9.97 Å². The van der Waals surface area contributed by atoms with E-state index in [0.29, 0.717) is 5.75 Å². The Morgan fingerprint density at radius 3 is 2.50 bits per heavy atom. The van der Waals surface area contributed by atoms with Gasteiger partial charge in [0.25, 0.3) is 5.91 Å². The lowest BCUT2D eigenvalue weighted by atomic mass is 10.1. The molecule has 1 aromatic heterocycles. The SMILES string of the molecule is Cc1cnc(NC(=O)c2cc(OCc3ccccc3)cc(OC(C)COC(F)F)c2)cn1. The van der Waals surface area contributed by atoms with Crippen LogP contribution in [0.15, 0.2) is 60.9 Å². The van der Waals surface area contributed by atoms with Crippen LogP contribution in [0.25, 0.3) is 0 Å². The highest BCUT2D eigenvalue weighted by Gasteiger charge is 2.15. The van der Waals surface area contributed by atoms with Gasteiger partial charge >= 0.3 is 6.61 Å². The molecule has 2 aromatic carbocycles. The number of halogens is 2. The number of benzene rings is 2. The van der Waals surface area contributed by atoms with E-state index in [9.17, 15) is 13.6 Å². The van der Waals surface area contributed by atoms with Gasteiger partial charge in [-0.05, 0) is 31.5 Å². The topological polar surface area (TPSA) is 82.6 Å². The summed E-state index contributed by atoms with van der Waals surface area (Å²) in [6.45, 7) is 0.445. The largest absolute Gasteiger partial charge is 0.489 e. The number of nitrogens with one attached hydrogen (secondary N) is 1. The zero-order chi connectivity index (χ0) is 22.9. The zero-order valence-electron chi connectivity index (χ0n) is 17.6. The van der Waals surface area contributed by atoms with Crippen molar-refractivity contribution in [3.05, 3.63) is 77.7 Å². The molecule has 0 aliphatic rings. The van der Waals surface area contributed by atoms with E-state index in [1.807, 2.05) is 30.3 Å². The predicted octanol–water partition coefficient (Wildman–Crippen LogP) is 4.62. The molecule has 0 radical (unpaired) electrons. The number of amides is 1. The minimum absolute atomic E-state index is 0.245. The molecule has 0 spiro atoms. The Balaban J connectivity index is 1.78. The summed E-state index contributed by atoms with van der Waals surface area (Å²) in [6, 6.07) is 14.1. The van der Waals surface area contributed by atoms with Crippen LogP contribution in [0.2, 0.25) is 0 Å². The Morgan fingerprint density at radius 1 is 1.06 bits per heavy atom. The summed E-state index contributed by atoms with van der Waals surface area (Å²) in [5.41, 5.74) is 1.91. The Bertz CT molecular complexity index is 1020. The van der Waals surface area contributed by atoms with E-state index in [0.717, 1.165) is 11.3 Å². The van der Waals surface area contributed by atoms with Crippen molar-refractivity contribution in [3.63, 3.8) is 0 Å². The predicted molar refractivity (Wildman–Crippen MR) is 114 cm³/mol. The number of hydrogen-bond donors (Lipinski definition) is 1. The number of nitrogens with zero attached hydrogens (tertiary/aromatic N) is 2. The van der Waals surface area contributed by atoms with Crippen LogP contribution in [-0.4, -0.2) is 35.2 Å². The van der Waals surface area contributed by atoms with Crippen LogP contribution in [-0.2, 0) is 11.3 Å². The smallest absolute Gasteiger partial charge is 0.345 e. The molecule has 9 heteroatoms. The van der Waals surface area contributed by atoms with Gasteiger partial charge in [-0.3, -0.25) is 9.78 Å². The maximum Gasteiger partial charge on any atom is 0.345 e. The number of anilines is 1. The van der Waals surface area contributed by atoms with Crippen LogP contribution < -0.4 is 14.8 Å². The van der Waals surface area contributed by atoms with E-state index < -0.39 is 18.6 Å². The first kappa shape index (κ1) is 23.1. The number of carbonyl (C=O) groups is 1. The van der Waals surface area contributed by atoms with Gasteiger partial charge in [-0.1, -0.05) is 30.3 Å². The molecule has 1 atom stereocenters. The quantitative estimate of drug-likeness (QED) is 0.492. The first-order valence-electron chi connectivity index (χ1n) is 9.87. The molecule has 1 amide bonds. The number of rotatable bonds is 10. The second kappa shape index (κ2) is 11.1. The second-order valence-corrected chi connectivity index (χ2v) is 6.99. The number of aromatic nitrogens is 2. The third-order valence-corrected chi connectivity index (χ3v) is 4.21. The fraction of sp³-hybridized carbons (Fsp3) is 0.261. The van der Waals surface area contributed by atoms with Crippen LogP contribution in [0.4, 0.5) is 14.6 Å². The molecule has 0 saturated heterocycles. The molecule has 0 aliphatic heterocycles. The lowest BCUT2D eigenvalue weighted by Gasteiger charge is -2.17. The molecule has 1 heterocycles. The van der Waals surface area contributed by atoms with E-state index in [1.165, 1.54) is 18.5 Å². The number of hydrogen-bond acceptors (Lipinski definition) is 6.